The molecular weight excluding hydrogens is 384 g/mol. The average molecular weight is 413 g/mol. The Labute approximate surface area is 184 Å². The van der Waals surface area contributed by atoms with Crippen molar-refractivity contribution in [3.8, 4) is 39.7 Å². The number of hydrogen-bond donors (Lipinski definition) is 0. The Morgan fingerprint density at radius 3 is 1.81 bits per heavy atom. The maximum absolute atomic E-state index is 5.38. The smallest absolute Gasteiger partial charge is 0.118 e. The first-order valence-electron chi connectivity index (χ1n) is 10.6. The van der Waals surface area contributed by atoms with E-state index in [4.69, 9.17) is 14.6 Å². The lowest BCUT2D eigenvalue weighted by atomic mass is 9.94. The van der Waals surface area contributed by atoms with Crippen LogP contribution >= 0.6 is 0 Å². The van der Waals surface area contributed by atoms with E-state index >= 15 is 0 Å². The molecule has 0 amide bonds. The van der Waals surface area contributed by atoms with Gasteiger partial charge in [-0.2, -0.15) is 5.10 Å². The van der Waals surface area contributed by atoms with Gasteiger partial charge in [0.2, 0.25) is 0 Å². The van der Waals surface area contributed by atoms with Crippen LogP contribution in [0.25, 0.3) is 28.2 Å². The SMILES string of the molecule is COc1ccc(-c2nn(-c3ccccc3)c(-c3ccc(OC)cc3)c2CC(C)C)cc1. The van der Waals surface area contributed by atoms with Gasteiger partial charge in [0.1, 0.15) is 11.5 Å². The molecular formula is C27H28N2O2. The van der Waals surface area contributed by atoms with E-state index < -0.39 is 0 Å². The highest BCUT2D eigenvalue weighted by molar-refractivity contribution is 5.76. The number of nitrogens with zero attached hydrogens (tertiary/aromatic N) is 2. The van der Waals surface area contributed by atoms with Gasteiger partial charge in [-0.05, 0) is 73.0 Å². The predicted molar refractivity (Wildman–Crippen MR) is 126 cm³/mol. The van der Waals surface area contributed by atoms with E-state index in [0.29, 0.717) is 5.92 Å². The lowest BCUT2D eigenvalue weighted by molar-refractivity contribution is 0.414. The predicted octanol–water partition coefficient (Wildman–Crippen LogP) is 6.42. The van der Waals surface area contributed by atoms with Gasteiger partial charge in [0.05, 0.1) is 31.3 Å². The second-order valence-electron chi connectivity index (χ2n) is 7.98. The molecule has 0 atom stereocenters. The van der Waals surface area contributed by atoms with Crippen LogP contribution in [0.2, 0.25) is 0 Å². The van der Waals surface area contributed by atoms with Crippen molar-refractivity contribution < 1.29 is 9.47 Å². The summed E-state index contributed by atoms with van der Waals surface area (Å²) in [6.07, 6.45) is 0.926. The first-order valence-corrected chi connectivity index (χ1v) is 10.6. The van der Waals surface area contributed by atoms with Crippen molar-refractivity contribution in [2.45, 2.75) is 20.3 Å². The third-order valence-corrected chi connectivity index (χ3v) is 5.32. The second-order valence-corrected chi connectivity index (χ2v) is 7.98. The molecule has 4 nitrogen and oxygen atoms in total. The Bertz CT molecular complexity index is 1130. The lowest BCUT2D eigenvalue weighted by Gasteiger charge is -2.12. The van der Waals surface area contributed by atoms with E-state index in [2.05, 4.69) is 54.9 Å². The summed E-state index contributed by atoms with van der Waals surface area (Å²) < 4.78 is 12.8. The van der Waals surface area contributed by atoms with Crippen molar-refractivity contribution >= 4 is 0 Å². The molecule has 0 unspecified atom stereocenters. The molecule has 3 aromatic carbocycles. The Morgan fingerprint density at radius 2 is 1.29 bits per heavy atom. The highest BCUT2D eigenvalue weighted by Crippen LogP contribution is 2.37. The molecule has 158 valence electrons. The highest BCUT2D eigenvalue weighted by Gasteiger charge is 2.22. The van der Waals surface area contributed by atoms with Crippen molar-refractivity contribution in [3.05, 3.63) is 84.4 Å². The number of para-hydroxylation sites is 1. The third-order valence-electron chi connectivity index (χ3n) is 5.32. The largest absolute Gasteiger partial charge is 0.497 e. The normalized spacial score (nSPS) is 11.0. The Kier molecular flexibility index (Phi) is 6.08. The average Bonchev–Trinajstić information content (AvgIpc) is 3.18. The van der Waals surface area contributed by atoms with Gasteiger partial charge in [-0.15, -0.1) is 0 Å². The zero-order valence-electron chi connectivity index (χ0n) is 18.5. The van der Waals surface area contributed by atoms with Crippen LogP contribution in [-0.4, -0.2) is 24.0 Å². The number of hydrogen-bond acceptors (Lipinski definition) is 3. The Balaban J connectivity index is 1.97. The van der Waals surface area contributed by atoms with E-state index in [1.54, 1.807) is 14.2 Å². The maximum Gasteiger partial charge on any atom is 0.118 e. The number of benzene rings is 3. The number of methoxy groups -OCH3 is 2. The highest BCUT2D eigenvalue weighted by atomic mass is 16.5. The molecule has 1 aromatic heterocycles. The van der Waals surface area contributed by atoms with E-state index in [0.717, 1.165) is 46.1 Å². The zero-order valence-corrected chi connectivity index (χ0v) is 18.5. The van der Waals surface area contributed by atoms with Crippen LogP contribution in [0.5, 0.6) is 11.5 Å². The van der Waals surface area contributed by atoms with Gasteiger partial charge in [-0.1, -0.05) is 32.0 Å². The molecule has 0 radical (unpaired) electrons. The molecule has 4 rings (SSSR count). The van der Waals surface area contributed by atoms with Gasteiger partial charge < -0.3 is 9.47 Å². The maximum atomic E-state index is 5.38. The summed E-state index contributed by atoms with van der Waals surface area (Å²) in [6, 6.07) is 26.7. The van der Waals surface area contributed by atoms with Crippen LogP contribution in [0.15, 0.2) is 78.9 Å². The minimum Gasteiger partial charge on any atom is -0.497 e. The van der Waals surface area contributed by atoms with Gasteiger partial charge in [-0.3, -0.25) is 0 Å². The van der Waals surface area contributed by atoms with Crippen molar-refractivity contribution in [3.63, 3.8) is 0 Å². The summed E-state index contributed by atoms with van der Waals surface area (Å²) >= 11 is 0. The molecule has 31 heavy (non-hydrogen) atoms. The van der Waals surface area contributed by atoms with Crippen molar-refractivity contribution in [1.29, 1.82) is 0 Å². The quantitative estimate of drug-likeness (QED) is 0.351. The van der Waals surface area contributed by atoms with Gasteiger partial charge in [0, 0.05) is 16.7 Å². The van der Waals surface area contributed by atoms with E-state index in [1.165, 1.54) is 5.56 Å². The third kappa shape index (κ3) is 4.33. The molecule has 0 saturated heterocycles. The van der Waals surface area contributed by atoms with Crippen molar-refractivity contribution in [2.75, 3.05) is 14.2 Å². The van der Waals surface area contributed by atoms with Crippen molar-refractivity contribution in [1.82, 2.24) is 9.78 Å². The minimum atomic E-state index is 0.488. The molecule has 1 heterocycles. The summed E-state index contributed by atoms with van der Waals surface area (Å²) in [5.41, 5.74) is 6.61. The zero-order chi connectivity index (χ0) is 21.8. The number of ether oxygens (including phenoxy) is 2. The molecule has 4 aromatic rings. The van der Waals surface area contributed by atoms with E-state index in [9.17, 15) is 0 Å². The first-order chi connectivity index (χ1) is 15.1. The Hall–Kier alpha value is -3.53. The van der Waals surface area contributed by atoms with Crippen LogP contribution in [0.3, 0.4) is 0 Å². The summed E-state index contributed by atoms with van der Waals surface area (Å²) in [7, 11) is 3.38. The fourth-order valence-electron chi connectivity index (χ4n) is 3.83. The fourth-order valence-corrected chi connectivity index (χ4v) is 3.83. The molecule has 0 bridgehead atoms. The first kappa shape index (κ1) is 20.7. The van der Waals surface area contributed by atoms with Crippen LogP contribution in [0, 0.1) is 5.92 Å². The van der Waals surface area contributed by atoms with Crippen LogP contribution in [-0.2, 0) is 6.42 Å². The van der Waals surface area contributed by atoms with Crippen molar-refractivity contribution in [2.24, 2.45) is 5.92 Å². The molecule has 0 spiro atoms. The minimum absolute atomic E-state index is 0.488. The van der Waals surface area contributed by atoms with Crippen LogP contribution < -0.4 is 9.47 Å². The Morgan fingerprint density at radius 1 is 0.742 bits per heavy atom. The monoisotopic (exact) mass is 412 g/mol. The summed E-state index contributed by atoms with van der Waals surface area (Å²) in [6.45, 7) is 4.49. The van der Waals surface area contributed by atoms with Gasteiger partial charge in [-0.25, -0.2) is 4.68 Å². The van der Waals surface area contributed by atoms with Gasteiger partial charge in [0.15, 0.2) is 0 Å². The van der Waals surface area contributed by atoms with E-state index in [1.807, 2.05) is 42.5 Å². The molecule has 4 heteroatoms. The molecule has 0 N–H and O–H groups in total. The van der Waals surface area contributed by atoms with Gasteiger partial charge >= 0.3 is 0 Å². The topological polar surface area (TPSA) is 36.3 Å². The lowest BCUT2D eigenvalue weighted by Crippen LogP contribution is -2.01. The molecule has 0 aliphatic heterocycles. The number of aromatic nitrogens is 2. The molecule has 0 saturated carbocycles. The fraction of sp³-hybridized carbons (Fsp3) is 0.222. The summed E-state index contributed by atoms with van der Waals surface area (Å²) in [4.78, 5) is 0. The molecule has 0 aliphatic rings. The van der Waals surface area contributed by atoms with E-state index in [-0.39, 0.29) is 0 Å². The van der Waals surface area contributed by atoms with Gasteiger partial charge in [0.25, 0.3) is 0 Å². The molecule has 0 aliphatic carbocycles. The number of rotatable bonds is 7. The molecule has 0 fully saturated rings. The second kappa shape index (κ2) is 9.09. The standard InChI is InChI=1S/C27H28N2O2/c1-19(2)18-25-26(20-10-14-23(30-3)15-11-20)28-29(22-8-6-5-7-9-22)27(25)21-12-16-24(31-4)17-13-21/h5-17,19H,18H2,1-4H3. The summed E-state index contributed by atoms with van der Waals surface area (Å²) in [5, 5.41) is 5.12. The van der Waals surface area contributed by atoms with Crippen LogP contribution in [0.1, 0.15) is 19.4 Å². The van der Waals surface area contributed by atoms with Crippen LogP contribution in [0.4, 0.5) is 0 Å². The summed E-state index contributed by atoms with van der Waals surface area (Å²) in [5.74, 6) is 2.17.